The molecular formula is C10H9ClFO2. The Morgan fingerprint density at radius 2 is 2.29 bits per heavy atom. The first-order chi connectivity index (χ1) is 6.50. The first-order valence-corrected chi connectivity index (χ1v) is 4.36. The summed E-state index contributed by atoms with van der Waals surface area (Å²) in [7, 11) is 0. The van der Waals surface area contributed by atoms with Gasteiger partial charge in [0.05, 0.1) is 11.1 Å². The maximum Gasteiger partial charge on any atom is 0.142 e. The molecule has 0 saturated carbocycles. The molecule has 0 aliphatic rings. The third-order valence-electron chi connectivity index (χ3n) is 1.75. The highest BCUT2D eigenvalue weighted by molar-refractivity contribution is 6.30. The van der Waals surface area contributed by atoms with E-state index in [9.17, 15) is 14.3 Å². The van der Waals surface area contributed by atoms with Crippen LogP contribution in [0.1, 0.15) is 18.1 Å². The molecule has 1 atom stereocenters. The second-order valence-electron chi connectivity index (χ2n) is 2.93. The van der Waals surface area contributed by atoms with Gasteiger partial charge in [-0.25, -0.2) is 4.39 Å². The fraction of sp³-hybridized carbons (Fsp3) is 0.200. The average Bonchev–Trinajstić information content (AvgIpc) is 2.08. The average molecular weight is 216 g/mol. The zero-order chi connectivity index (χ0) is 10.7. The maximum atomic E-state index is 12.9. The first-order valence-electron chi connectivity index (χ1n) is 3.98. The Kier molecular flexibility index (Phi) is 3.61. The van der Waals surface area contributed by atoms with Crippen molar-refractivity contribution in [3.8, 4) is 0 Å². The van der Waals surface area contributed by atoms with Crippen LogP contribution < -0.4 is 0 Å². The van der Waals surface area contributed by atoms with E-state index in [1.165, 1.54) is 12.1 Å². The smallest absolute Gasteiger partial charge is 0.142 e. The number of benzene rings is 1. The van der Waals surface area contributed by atoms with Crippen LogP contribution in [-0.4, -0.2) is 10.9 Å². The van der Waals surface area contributed by atoms with E-state index in [2.05, 4.69) is 6.92 Å². The highest BCUT2D eigenvalue weighted by Crippen LogP contribution is 2.22. The molecule has 1 rings (SSSR count). The maximum absolute atomic E-state index is 12.9. The Bertz CT molecular complexity index is 352. The second-order valence-corrected chi connectivity index (χ2v) is 3.34. The molecule has 0 spiro atoms. The lowest BCUT2D eigenvalue weighted by Crippen LogP contribution is -2.03. The third kappa shape index (κ3) is 2.79. The van der Waals surface area contributed by atoms with Crippen molar-refractivity contribution in [1.82, 2.24) is 0 Å². The Morgan fingerprint density at radius 3 is 2.79 bits per heavy atom. The predicted molar refractivity (Wildman–Crippen MR) is 51.4 cm³/mol. The number of carbonyl (C=O) groups is 1. The molecule has 4 heteroatoms. The third-order valence-corrected chi connectivity index (χ3v) is 2.06. The van der Waals surface area contributed by atoms with Crippen LogP contribution in [0.4, 0.5) is 4.39 Å². The van der Waals surface area contributed by atoms with Gasteiger partial charge in [-0.15, -0.1) is 0 Å². The largest absolute Gasteiger partial charge is 0.388 e. The topological polar surface area (TPSA) is 37.3 Å². The van der Waals surface area contributed by atoms with Gasteiger partial charge in [-0.1, -0.05) is 17.7 Å². The van der Waals surface area contributed by atoms with E-state index in [1.54, 1.807) is 0 Å². The van der Waals surface area contributed by atoms with Crippen molar-refractivity contribution in [1.29, 1.82) is 0 Å². The minimum Gasteiger partial charge on any atom is -0.388 e. The zero-order valence-electron chi connectivity index (χ0n) is 7.34. The molecular weight excluding hydrogens is 207 g/mol. The number of rotatable bonds is 3. The molecule has 1 aromatic carbocycles. The van der Waals surface area contributed by atoms with Crippen molar-refractivity contribution in [2.24, 2.45) is 0 Å². The Hall–Kier alpha value is -0.930. The number of ketones is 1. The van der Waals surface area contributed by atoms with Crippen LogP contribution >= 0.6 is 11.6 Å². The summed E-state index contributed by atoms with van der Waals surface area (Å²) in [4.78, 5) is 10.6. The lowest BCUT2D eigenvalue weighted by atomic mass is 10.0. The van der Waals surface area contributed by atoms with Gasteiger partial charge in [-0.05, 0) is 17.7 Å². The van der Waals surface area contributed by atoms with Gasteiger partial charge < -0.3 is 5.11 Å². The molecule has 1 aromatic rings. The fourth-order valence-corrected chi connectivity index (χ4v) is 1.17. The summed E-state index contributed by atoms with van der Waals surface area (Å²) >= 11 is 5.46. The van der Waals surface area contributed by atoms with Crippen LogP contribution in [0, 0.1) is 12.7 Å². The van der Waals surface area contributed by atoms with Gasteiger partial charge in [0.15, 0.2) is 0 Å². The summed E-state index contributed by atoms with van der Waals surface area (Å²) in [5.74, 6) is -1.01. The van der Waals surface area contributed by atoms with Crippen LogP contribution in [0.3, 0.4) is 0 Å². The number of hydrogen-bond acceptors (Lipinski definition) is 2. The molecule has 75 valence electrons. The van der Waals surface area contributed by atoms with Crippen molar-refractivity contribution < 1.29 is 14.3 Å². The van der Waals surface area contributed by atoms with E-state index in [1.807, 2.05) is 0 Å². The normalized spacial score (nSPS) is 12.6. The Labute approximate surface area is 86.3 Å². The molecule has 0 aliphatic heterocycles. The lowest BCUT2D eigenvalue weighted by Gasteiger charge is -2.08. The highest BCUT2D eigenvalue weighted by Gasteiger charge is 2.11. The van der Waals surface area contributed by atoms with Crippen molar-refractivity contribution in [2.75, 3.05) is 0 Å². The van der Waals surface area contributed by atoms with Gasteiger partial charge in [0.25, 0.3) is 0 Å². The second kappa shape index (κ2) is 4.53. The molecule has 0 aromatic heterocycles. The number of hydrogen-bond donors (Lipinski definition) is 1. The standard InChI is InChI=1S/C10H9ClFO2/c1-6(13)4-10(14)7-2-3-8(11)9(12)5-7/h2-3,5,10,14H,1,4H2. The van der Waals surface area contributed by atoms with Gasteiger partial charge in [-0.3, -0.25) is 4.79 Å². The molecule has 1 radical (unpaired) electrons. The van der Waals surface area contributed by atoms with E-state index in [0.717, 1.165) is 6.07 Å². The van der Waals surface area contributed by atoms with Gasteiger partial charge in [-0.2, -0.15) is 0 Å². The molecule has 0 heterocycles. The summed E-state index contributed by atoms with van der Waals surface area (Å²) < 4.78 is 12.9. The number of Topliss-reactive ketones (excluding diaryl/α,β-unsaturated/α-hetero) is 1. The van der Waals surface area contributed by atoms with Crippen LogP contribution in [0.15, 0.2) is 18.2 Å². The SMILES string of the molecule is [CH2]C(=O)CC(O)c1ccc(Cl)c(F)c1. The van der Waals surface area contributed by atoms with Crippen LogP contribution in [0.2, 0.25) is 5.02 Å². The van der Waals surface area contributed by atoms with Crippen molar-refractivity contribution in [3.05, 3.63) is 41.5 Å². The highest BCUT2D eigenvalue weighted by atomic mass is 35.5. The molecule has 2 nitrogen and oxygen atoms in total. The Balaban J connectivity index is 2.85. The van der Waals surface area contributed by atoms with E-state index in [-0.39, 0.29) is 11.4 Å². The van der Waals surface area contributed by atoms with E-state index in [0.29, 0.717) is 5.56 Å². The van der Waals surface area contributed by atoms with Crippen molar-refractivity contribution >= 4 is 17.4 Å². The summed E-state index contributed by atoms with van der Waals surface area (Å²) in [5.41, 5.74) is 0.323. The van der Waals surface area contributed by atoms with E-state index >= 15 is 0 Å². The van der Waals surface area contributed by atoms with Gasteiger partial charge >= 0.3 is 0 Å². The minimum absolute atomic E-state index is 0.0121. The number of aliphatic hydroxyl groups is 1. The first kappa shape index (κ1) is 11.1. The quantitative estimate of drug-likeness (QED) is 0.840. The van der Waals surface area contributed by atoms with Crippen LogP contribution in [0.25, 0.3) is 0 Å². The summed E-state index contributed by atoms with van der Waals surface area (Å²) in [6.45, 7) is 3.13. The van der Waals surface area contributed by atoms with Crippen molar-refractivity contribution in [2.45, 2.75) is 12.5 Å². The predicted octanol–water partition coefficient (Wildman–Crippen LogP) is 2.31. The molecule has 14 heavy (non-hydrogen) atoms. The van der Waals surface area contributed by atoms with E-state index in [4.69, 9.17) is 11.6 Å². The number of halogens is 2. The summed E-state index contributed by atoms with van der Waals surface area (Å²) in [6, 6.07) is 3.91. The Morgan fingerprint density at radius 1 is 1.64 bits per heavy atom. The molecule has 1 N–H and O–H groups in total. The molecule has 1 unspecified atom stereocenters. The molecule has 0 amide bonds. The summed E-state index contributed by atoms with van der Waals surface area (Å²) in [5, 5.41) is 9.42. The van der Waals surface area contributed by atoms with Crippen LogP contribution in [0.5, 0.6) is 0 Å². The lowest BCUT2D eigenvalue weighted by molar-refractivity contribution is -0.116. The molecule has 0 bridgehead atoms. The minimum atomic E-state index is -1.02. The fourth-order valence-electron chi connectivity index (χ4n) is 1.05. The van der Waals surface area contributed by atoms with E-state index < -0.39 is 17.7 Å². The molecule has 0 saturated heterocycles. The van der Waals surface area contributed by atoms with Crippen molar-refractivity contribution in [3.63, 3.8) is 0 Å². The monoisotopic (exact) mass is 215 g/mol. The number of aliphatic hydroxyl groups excluding tert-OH is 1. The molecule has 0 fully saturated rings. The van der Waals surface area contributed by atoms with Gasteiger partial charge in [0, 0.05) is 13.3 Å². The van der Waals surface area contributed by atoms with Gasteiger partial charge in [0.2, 0.25) is 0 Å². The summed E-state index contributed by atoms with van der Waals surface area (Å²) in [6.07, 6.45) is -1.15. The van der Waals surface area contributed by atoms with Gasteiger partial charge in [0.1, 0.15) is 11.6 Å². The zero-order valence-corrected chi connectivity index (χ0v) is 8.09. The van der Waals surface area contributed by atoms with Crippen LogP contribution in [-0.2, 0) is 4.79 Å². The molecule has 0 aliphatic carbocycles. The number of carbonyl (C=O) groups excluding carboxylic acids is 1.